The molecule has 0 bridgehead atoms. The second-order valence-electron chi connectivity index (χ2n) is 8.91. The highest BCUT2D eigenvalue weighted by Crippen LogP contribution is 2.47. The molecule has 35 heavy (non-hydrogen) atoms. The lowest BCUT2D eigenvalue weighted by molar-refractivity contribution is -0.151. The first kappa shape index (κ1) is 24.7. The van der Waals surface area contributed by atoms with Crippen LogP contribution in [0.25, 0.3) is 0 Å². The SMILES string of the molecule is COC(=O)[C@@H]1C(=O)C2=C(C[C@@H]1C)NC(C)=C(C(=O)OCc1ccc(OC)cc1)[C@H]2c1ccc(C)s1. The Morgan fingerprint density at radius 2 is 1.80 bits per heavy atom. The molecule has 0 saturated heterocycles. The summed E-state index contributed by atoms with van der Waals surface area (Å²) < 4.78 is 15.8. The van der Waals surface area contributed by atoms with Crippen LogP contribution in [0.5, 0.6) is 5.75 Å². The number of rotatable bonds is 6. The van der Waals surface area contributed by atoms with Gasteiger partial charge in [-0.1, -0.05) is 19.1 Å². The summed E-state index contributed by atoms with van der Waals surface area (Å²) in [6, 6.07) is 11.2. The first-order chi connectivity index (χ1) is 16.7. The first-order valence-electron chi connectivity index (χ1n) is 11.4. The Kier molecular flexibility index (Phi) is 7.12. The highest BCUT2D eigenvalue weighted by atomic mass is 32.1. The molecule has 0 fully saturated rings. The van der Waals surface area contributed by atoms with Crippen LogP contribution in [0.2, 0.25) is 0 Å². The van der Waals surface area contributed by atoms with Crippen molar-refractivity contribution >= 4 is 29.1 Å². The number of ketones is 1. The van der Waals surface area contributed by atoms with Crippen LogP contribution in [0.3, 0.4) is 0 Å². The minimum absolute atomic E-state index is 0.0808. The number of carbonyl (C=O) groups is 3. The molecule has 7 nitrogen and oxygen atoms in total. The molecule has 0 saturated carbocycles. The number of carbonyl (C=O) groups excluding carboxylic acids is 3. The lowest BCUT2D eigenvalue weighted by atomic mass is 9.70. The lowest BCUT2D eigenvalue weighted by Crippen LogP contribution is -2.43. The van der Waals surface area contributed by atoms with Crippen molar-refractivity contribution in [2.75, 3.05) is 14.2 Å². The average Bonchev–Trinajstić information content (AvgIpc) is 3.27. The second-order valence-corrected chi connectivity index (χ2v) is 10.2. The van der Waals surface area contributed by atoms with E-state index in [9.17, 15) is 14.4 Å². The van der Waals surface area contributed by atoms with E-state index in [1.165, 1.54) is 18.4 Å². The predicted octanol–water partition coefficient (Wildman–Crippen LogP) is 4.42. The summed E-state index contributed by atoms with van der Waals surface area (Å²) in [5.74, 6) is -2.38. The van der Waals surface area contributed by atoms with Crippen LogP contribution in [0.4, 0.5) is 0 Å². The zero-order chi connectivity index (χ0) is 25.3. The number of hydrogen-bond donors (Lipinski definition) is 1. The standard InChI is InChI=1S/C27H29NO6S/c1-14-12-19-23(25(29)21(14)26(30)33-5)24(20-11-6-15(2)35-20)22(16(3)28-19)27(31)34-13-17-7-9-18(32-4)10-8-17/h6-11,14,21,24,28H,12-13H2,1-5H3/t14-,21-,24+/m0/s1. The Bertz CT molecular complexity index is 1220. The number of allylic oxidation sites excluding steroid dienone is 3. The van der Waals surface area contributed by atoms with Gasteiger partial charge in [-0.25, -0.2) is 4.79 Å². The zero-order valence-corrected chi connectivity index (χ0v) is 21.3. The van der Waals surface area contributed by atoms with Crippen LogP contribution in [0.15, 0.2) is 58.9 Å². The largest absolute Gasteiger partial charge is 0.497 e. The van der Waals surface area contributed by atoms with E-state index in [1.54, 1.807) is 19.2 Å². The summed E-state index contributed by atoms with van der Waals surface area (Å²) in [5.41, 5.74) is 3.05. The quantitative estimate of drug-likeness (QED) is 0.469. The number of methoxy groups -OCH3 is 2. The second kappa shape index (κ2) is 10.1. The molecule has 1 N–H and O–H groups in total. The Morgan fingerprint density at radius 1 is 1.09 bits per heavy atom. The van der Waals surface area contributed by atoms with Crippen LogP contribution in [-0.2, 0) is 30.5 Å². The van der Waals surface area contributed by atoms with Crippen LogP contribution in [0, 0.1) is 18.8 Å². The Morgan fingerprint density at radius 3 is 2.40 bits per heavy atom. The van der Waals surface area contributed by atoms with Crippen molar-refractivity contribution in [3.05, 3.63) is 74.3 Å². The smallest absolute Gasteiger partial charge is 0.337 e. The fourth-order valence-corrected chi connectivity index (χ4v) is 5.79. The molecular formula is C27H29NO6S. The van der Waals surface area contributed by atoms with Gasteiger partial charge in [0.15, 0.2) is 5.78 Å². The number of Topliss-reactive ketones (excluding diaryl/α,β-unsaturated/α-hetero) is 1. The number of dihydropyridines is 1. The van der Waals surface area contributed by atoms with E-state index in [-0.39, 0.29) is 18.3 Å². The molecule has 1 aliphatic heterocycles. The fraction of sp³-hybridized carbons (Fsp3) is 0.370. The van der Waals surface area contributed by atoms with Gasteiger partial charge in [0.2, 0.25) is 0 Å². The van der Waals surface area contributed by atoms with Crippen molar-refractivity contribution in [2.45, 2.75) is 39.7 Å². The van der Waals surface area contributed by atoms with Crippen LogP contribution in [-0.4, -0.2) is 31.9 Å². The summed E-state index contributed by atoms with van der Waals surface area (Å²) in [7, 11) is 2.88. The highest BCUT2D eigenvalue weighted by molar-refractivity contribution is 7.12. The van der Waals surface area contributed by atoms with E-state index in [0.29, 0.717) is 29.0 Å². The molecule has 2 aliphatic rings. The van der Waals surface area contributed by atoms with Gasteiger partial charge < -0.3 is 19.5 Å². The van der Waals surface area contributed by atoms with E-state index >= 15 is 0 Å². The van der Waals surface area contributed by atoms with Gasteiger partial charge in [-0.3, -0.25) is 9.59 Å². The molecule has 4 rings (SSSR count). The van der Waals surface area contributed by atoms with Crippen molar-refractivity contribution in [2.24, 2.45) is 11.8 Å². The van der Waals surface area contributed by atoms with Crippen molar-refractivity contribution in [1.29, 1.82) is 0 Å². The van der Waals surface area contributed by atoms with E-state index < -0.39 is 23.8 Å². The molecule has 1 aliphatic carbocycles. The molecule has 1 aromatic carbocycles. The molecule has 2 aromatic rings. The molecular weight excluding hydrogens is 466 g/mol. The Hall–Kier alpha value is -3.39. The minimum Gasteiger partial charge on any atom is -0.497 e. The Labute approximate surface area is 208 Å². The maximum Gasteiger partial charge on any atom is 0.337 e. The van der Waals surface area contributed by atoms with Crippen molar-refractivity contribution < 1.29 is 28.6 Å². The summed E-state index contributed by atoms with van der Waals surface area (Å²) in [6.07, 6.45) is 0.507. The first-order valence-corrected chi connectivity index (χ1v) is 12.3. The van der Waals surface area contributed by atoms with Gasteiger partial charge in [-0.05, 0) is 56.0 Å². The van der Waals surface area contributed by atoms with E-state index in [2.05, 4.69) is 5.32 Å². The third kappa shape index (κ3) is 4.75. The summed E-state index contributed by atoms with van der Waals surface area (Å²) in [6.45, 7) is 5.75. The highest BCUT2D eigenvalue weighted by Gasteiger charge is 2.47. The lowest BCUT2D eigenvalue weighted by Gasteiger charge is -2.37. The maximum absolute atomic E-state index is 13.7. The minimum atomic E-state index is -0.904. The van der Waals surface area contributed by atoms with E-state index in [1.807, 2.05) is 45.0 Å². The van der Waals surface area contributed by atoms with Gasteiger partial charge in [-0.15, -0.1) is 11.3 Å². The topological polar surface area (TPSA) is 90.9 Å². The maximum atomic E-state index is 13.7. The molecule has 1 aromatic heterocycles. The zero-order valence-electron chi connectivity index (χ0n) is 20.5. The molecule has 184 valence electrons. The number of ether oxygens (including phenoxy) is 3. The molecule has 0 radical (unpaired) electrons. The molecule has 0 spiro atoms. The molecule has 2 heterocycles. The van der Waals surface area contributed by atoms with Crippen molar-refractivity contribution in [3.8, 4) is 5.75 Å². The van der Waals surface area contributed by atoms with E-state index in [0.717, 1.165) is 21.0 Å². The van der Waals surface area contributed by atoms with Crippen LogP contribution >= 0.6 is 11.3 Å². The number of nitrogens with one attached hydrogen (secondary N) is 1. The monoisotopic (exact) mass is 495 g/mol. The fourth-order valence-electron chi connectivity index (χ4n) is 4.79. The number of esters is 2. The van der Waals surface area contributed by atoms with Gasteiger partial charge >= 0.3 is 11.9 Å². The van der Waals surface area contributed by atoms with Gasteiger partial charge in [0.25, 0.3) is 0 Å². The number of aryl methyl sites for hydroxylation is 1. The number of benzene rings is 1. The summed E-state index contributed by atoms with van der Waals surface area (Å²) >= 11 is 1.52. The third-order valence-electron chi connectivity index (χ3n) is 6.54. The summed E-state index contributed by atoms with van der Waals surface area (Å²) in [4.78, 5) is 41.6. The van der Waals surface area contributed by atoms with Gasteiger partial charge in [0.1, 0.15) is 18.3 Å². The third-order valence-corrected chi connectivity index (χ3v) is 7.60. The molecule has 8 heteroatoms. The molecule has 0 unspecified atom stereocenters. The Balaban J connectivity index is 1.69. The van der Waals surface area contributed by atoms with Gasteiger partial charge in [0.05, 0.1) is 25.7 Å². The van der Waals surface area contributed by atoms with Gasteiger partial charge in [0, 0.05) is 26.7 Å². The molecule has 0 amide bonds. The van der Waals surface area contributed by atoms with E-state index in [4.69, 9.17) is 14.2 Å². The normalized spacial score (nSPS) is 21.9. The summed E-state index contributed by atoms with van der Waals surface area (Å²) in [5, 5.41) is 3.28. The molecule has 3 atom stereocenters. The number of thiophene rings is 1. The van der Waals surface area contributed by atoms with Crippen molar-refractivity contribution in [1.82, 2.24) is 5.32 Å². The van der Waals surface area contributed by atoms with Crippen LogP contribution < -0.4 is 10.1 Å². The van der Waals surface area contributed by atoms with Gasteiger partial charge in [-0.2, -0.15) is 0 Å². The number of hydrogen-bond acceptors (Lipinski definition) is 8. The predicted molar refractivity (Wildman–Crippen MR) is 132 cm³/mol. The average molecular weight is 496 g/mol. The van der Waals surface area contributed by atoms with Crippen molar-refractivity contribution in [3.63, 3.8) is 0 Å². The van der Waals surface area contributed by atoms with Crippen LogP contribution in [0.1, 0.15) is 41.5 Å².